The van der Waals surface area contributed by atoms with Gasteiger partial charge in [-0.15, -0.1) is 0 Å². The number of carbonyl (C=O) groups excluding carboxylic acids is 2. The second-order valence-corrected chi connectivity index (χ2v) is 9.54. The molecule has 0 saturated carbocycles. The van der Waals surface area contributed by atoms with E-state index in [1.165, 1.54) is 0 Å². The van der Waals surface area contributed by atoms with E-state index in [1.54, 1.807) is 24.3 Å². The molecule has 0 radical (unpaired) electrons. The minimum Gasteiger partial charge on any atom is -0.294 e. The first kappa shape index (κ1) is 24.9. The number of azo groups is 2. The van der Waals surface area contributed by atoms with Gasteiger partial charge in [0.1, 0.15) is 0 Å². The number of carbonyl (C=O) groups is 2. The molecule has 6 nitrogen and oxygen atoms in total. The summed E-state index contributed by atoms with van der Waals surface area (Å²) in [7, 11) is 0. The zero-order valence-corrected chi connectivity index (χ0v) is 21.5. The van der Waals surface area contributed by atoms with Crippen molar-refractivity contribution in [3.63, 3.8) is 0 Å². The molecule has 6 heteroatoms. The van der Waals surface area contributed by atoms with Gasteiger partial charge in [0.05, 0.1) is 28.2 Å². The number of nitrogens with zero attached hydrogens (tertiary/aromatic N) is 4. The summed E-state index contributed by atoms with van der Waals surface area (Å²) in [6, 6.07) is 40.7. The number of fused-ring (bicyclic) bond motifs is 1. The molecule has 40 heavy (non-hydrogen) atoms. The molecule has 0 aliphatic heterocycles. The molecule has 0 amide bonds. The maximum absolute atomic E-state index is 14.2. The number of hydrogen-bond acceptors (Lipinski definition) is 6. The fourth-order valence-corrected chi connectivity index (χ4v) is 5.05. The van der Waals surface area contributed by atoms with Gasteiger partial charge in [0.15, 0.2) is 11.6 Å². The van der Waals surface area contributed by atoms with E-state index < -0.39 is 5.41 Å². The minimum absolute atomic E-state index is 0.0264. The Morgan fingerprint density at radius 2 is 0.800 bits per heavy atom. The third-order valence-corrected chi connectivity index (χ3v) is 7.08. The molecule has 0 bridgehead atoms. The lowest BCUT2D eigenvalue weighted by atomic mass is 9.62. The van der Waals surface area contributed by atoms with Crippen molar-refractivity contribution in [2.45, 2.75) is 11.8 Å². The Morgan fingerprint density at radius 1 is 0.425 bits per heavy atom. The molecule has 0 heterocycles. The maximum Gasteiger partial charge on any atom is 0.178 e. The zero-order valence-electron chi connectivity index (χ0n) is 21.5. The van der Waals surface area contributed by atoms with E-state index in [4.69, 9.17) is 0 Å². The molecule has 6 rings (SSSR count). The summed E-state index contributed by atoms with van der Waals surface area (Å²) in [4.78, 5) is 27.7. The highest BCUT2D eigenvalue weighted by Gasteiger charge is 2.48. The Kier molecular flexibility index (Phi) is 6.73. The molecule has 1 aliphatic carbocycles. The maximum atomic E-state index is 14.2. The molecular formula is C34H24N4O2. The van der Waals surface area contributed by atoms with Crippen molar-refractivity contribution in [3.8, 4) is 0 Å². The quantitative estimate of drug-likeness (QED) is 0.209. The van der Waals surface area contributed by atoms with E-state index in [9.17, 15) is 9.59 Å². The highest BCUT2D eigenvalue weighted by atomic mass is 16.1. The highest BCUT2D eigenvalue weighted by molar-refractivity contribution is 6.20. The largest absolute Gasteiger partial charge is 0.294 e. The Morgan fingerprint density at radius 3 is 1.25 bits per heavy atom. The summed E-state index contributed by atoms with van der Waals surface area (Å²) in [6.45, 7) is 0. The van der Waals surface area contributed by atoms with Crippen molar-refractivity contribution < 1.29 is 9.59 Å². The molecule has 5 aromatic carbocycles. The summed E-state index contributed by atoms with van der Waals surface area (Å²) in [6.07, 6.45) is 0.0264. The van der Waals surface area contributed by atoms with Gasteiger partial charge < -0.3 is 0 Å². The van der Waals surface area contributed by atoms with Crippen LogP contribution in [0, 0.1) is 0 Å². The Balaban J connectivity index is 1.39. The van der Waals surface area contributed by atoms with Crippen LogP contribution in [0.15, 0.2) is 154 Å². The van der Waals surface area contributed by atoms with E-state index in [1.807, 2.05) is 109 Å². The van der Waals surface area contributed by atoms with Gasteiger partial charge in [-0.1, -0.05) is 84.9 Å². The third-order valence-electron chi connectivity index (χ3n) is 7.08. The molecular weight excluding hydrogens is 496 g/mol. The van der Waals surface area contributed by atoms with Gasteiger partial charge in [0.2, 0.25) is 0 Å². The number of rotatable bonds is 6. The lowest BCUT2D eigenvalue weighted by Gasteiger charge is -2.37. The minimum atomic E-state index is -1.18. The Labute approximate surface area is 231 Å². The van der Waals surface area contributed by atoms with Crippen LogP contribution in [0.4, 0.5) is 22.7 Å². The van der Waals surface area contributed by atoms with Crippen LogP contribution in [0.2, 0.25) is 0 Å². The molecule has 5 aromatic rings. The van der Waals surface area contributed by atoms with Crippen LogP contribution >= 0.6 is 0 Å². The Bertz CT molecular complexity index is 1630. The molecule has 1 aliphatic rings. The molecule has 0 N–H and O–H groups in total. The fraction of sp³-hybridized carbons (Fsp3) is 0.0588. The summed E-state index contributed by atoms with van der Waals surface area (Å²) in [5, 5.41) is 17.2. The Hall–Kier alpha value is -5.36. The molecule has 0 spiro atoms. The van der Waals surface area contributed by atoms with Crippen LogP contribution < -0.4 is 0 Å². The van der Waals surface area contributed by atoms with E-state index >= 15 is 0 Å². The van der Waals surface area contributed by atoms with Crippen LogP contribution in [0.25, 0.3) is 0 Å². The average molecular weight is 521 g/mol. The number of Topliss-reactive ketones (excluding diaryl/α,β-unsaturated/α-hetero) is 2. The first-order valence-corrected chi connectivity index (χ1v) is 13.0. The van der Waals surface area contributed by atoms with Crippen LogP contribution in [-0.2, 0) is 5.41 Å². The van der Waals surface area contributed by atoms with Gasteiger partial charge in [0, 0.05) is 17.5 Å². The van der Waals surface area contributed by atoms with Crippen molar-refractivity contribution >= 4 is 34.3 Å². The second-order valence-electron chi connectivity index (χ2n) is 9.54. The monoisotopic (exact) mass is 520 g/mol. The van der Waals surface area contributed by atoms with Crippen molar-refractivity contribution in [1.82, 2.24) is 0 Å². The SMILES string of the molecule is O=C1CC(c2ccc(/N=N/c3ccccc3)cc2)(c2ccc(/N=N/c3ccccc3)cc2)C(=O)c2ccccc21. The summed E-state index contributed by atoms with van der Waals surface area (Å²) in [5.74, 6) is -0.184. The first-order chi connectivity index (χ1) is 19.6. The van der Waals surface area contributed by atoms with Crippen molar-refractivity contribution in [2.75, 3.05) is 0 Å². The van der Waals surface area contributed by atoms with Crippen LogP contribution in [0.5, 0.6) is 0 Å². The van der Waals surface area contributed by atoms with E-state index in [0.717, 1.165) is 22.5 Å². The molecule has 0 unspecified atom stereocenters. The van der Waals surface area contributed by atoms with Crippen molar-refractivity contribution in [1.29, 1.82) is 0 Å². The van der Waals surface area contributed by atoms with E-state index in [-0.39, 0.29) is 18.0 Å². The van der Waals surface area contributed by atoms with E-state index in [2.05, 4.69) is 20.5 Å². The van der Waals surface area contributed by atoms with Gasteiger partial charge in [-0.3, -0.25) is 9.59 Å². The van der Waals surface area contributed by atoms with Crippen LogP contribution in [0.3, 0.4) is 0 Å². The number of ketones is 2. The highest BCUT2D eigenvalue weighted by Crippen LogP contribution is 2.44. The van der Waals surface area contributed by atoms with Crippen molar-refractivity contribution in [3.05, 3.63) is 156 Å². The first-order valence-electron chi connectivity index (χ1n) is 13.0. The fourth-order valence-electron chi connectivity index (χ4n) is 5.05. The van der Waals surface area contributed by atoms with Gasteiger partial charge in [-0.05, 0) is 59.7 Å². The van der Waals surface area contributed by atoms with Gasteiger partial charge in [0.25, 0.3) is 0 Å². The van der Waals surface area contributed by atoms with Gasteiger partial charge in [-0.25, -0.2) is 0 Å². The molecule has 192 valence electrons. The van der Waals surface area contributed by atoms with E-state index in [0.29, 0.717) is 22.5 Å². The summed E-state index contributed by atoms with van der Waals surface area (Å²) in [5.41, 5.74) is 3.94. The number of benzene rings is 5. The normalized spacial score (nSPS) is 14.5. The average Bonchev–Trinajstić information content (AvgIpc) is 3.02. The summed E-state index contributed by atoms with van der Waals surface area (Å²) < 4.78 is 0. The summed E-state index contributed by atoms with van der Waals surface area (Å²) >= 11 is 0. The number of hydrogen-bond donors (Lipinski definition) is 0. The lowest BCUT2D eigenvalue weighted by molar-refractivity contribution is 0.0815. The van der Waals surface area contributed by atoms with Crippen molar-refractivity contribution in [2.24, 2.45) is 20.5 Å². The molecule has 0 fully saturated rings. The topological polar surface area (TPSA) is 83.6 Å². The second kappa shape index (κ2) is 10.8. The molecule has 0 atom stereocenters. The van der Waals surface area contributed by atoms with Gasteiger partial charge >= 0.3 is 0 Å². The third kappa shape index (κ3) is 4.78. The van der Waals surface area contributed by atoms with Gasteiger partial charge in [-0.2, -0.15) is 20.5 Å². The lowest BCUT2D eigenvalue weighted by Crippen LogP contribution is -2.43. The molecule has 0 saturated heterocycles. The predicted octanol–water partition coefficient (Wildman–Crippen LogP) is 9.27. The molecule has 0 aromatic heterocycles. The zero-order chi connectivity index (χ0) is 27.4. The predicted molar refractivity (Wildman–Crippen MR) is 155 cm³/mol. The van der Waals surface area contributed by atoms with Crippen LogP contribution in [-0.4, -0.2) is 11.6 Å². The standard InChI is InChI=1S/C34H24N4O2/c39-32-23-34(33(40)31-14-8-7-13-30(31)32,24-15-19-28(20-16-24)37-35-26-9-3-1-4-10-26)25-17-21-29(22-18-25)38-36-27-11-5-2-6-12-27/h1-22H,23H2/b37-35+,38-36+. The smallest absolute Gasteiger partial charge is 0.178 e. The van der Waals surface area contributed by atoms with Crippen LogP contribution in [0.1, 0.15) is 38.3 Å².